The number of anilines is 1. The summed E-state index contributed by atoms with van der Waals surface area (Å²) in [6.07, 6.45) is 1.04. The summed E-state index contributed by atoms with van der Waals surface area (Å²) in [5, 5.41) is 4.84. The molecule has 5 nitrogen and oxygen atoms in total. The van der Waals surface area contributed by atoms with Crippen molar-refractivity contribution in [2.75, 3.05) is 51.3 Å². The number of thiocarbonyl (C=S) groups is 1. The van der Waals surface area contributed by atoms with Crippen molar-refractivity contribution in [3.8, 4) is 5.75 Å². The average molecular weight is 448 g/mol. The third-order valence-electron chi connectivity index (χ3n) is 5.00. The smallest absolute Gasteiger partial charge is 0.173 e. The van der Waals surface area contributed by atoms with Gasteiger partial charge in [0.1, 0.15) is 5.75 Å². The molecule has 0 atom stereocenters. The number of benzene rings is 2. The van der Waals surface area contributed by atoms with Gasteiger partial charge in [-0.1, -0.05) is 23.7 Å². The molecule has 7 heteroatoms. The molecule has 0 unspecified atom stereocenters. The second-order valence-electron chi connectivity index (χ2n) is 7.24. The van der Waals surface area contributed by atoms with Crippen LogP contribution in [0.15, 0.2) is 48.5 Å². The Balaban J connectivity index is 1.60. The van der Waals surface area contributed by atoms with Gasteiger partial charge in [-0.15, -0.1) is 0 Å². The zero-order chi connectivity index (χ0) is 21.2. The van der Waals surface area contributed by atoms with Crippen LogP contribution in [-0.2, 0) is 11.3 Å². The fraction of sp³-hybridized carbons (Fsp3) is 0.435. The Morgan fingerprint density at radius 3 is 2.50 bits per heavy atom. The van der Waals surface area contributed by atoms with Gasteiger partial charge >= 0.3 is 0 Å². The Morgan fingerprint density at radius 2 is 1.83 bits per heavy atom. The van der Waals surface area contributed by atoms with Crippen LogP contribution in [0.4, 0.5) is 5.69 Å². The molecule has 0 amide bonds. The van der Waals surface area contributed by atoms with Gasteiger partial charge in [0.15, 0.2) is 5.11 Å². The van der Waals surface area contributed by atoms with Crippen molar-refractivity contribution in [2.24, 2.45) is 0 Å². The first-order chi connectivity index (χ1) is 14.6. The van der Waals surface area contributed by atoms with E-state index in [1.807, 2.05) is 43.3 Å². The molecule has 1 N–H and O–H groups in total. The van der Waals surface area contributed by atoms with Crippen LogP contribution in [0.5, 0.6) is 5.75 Å². The maximum Gasteiger partial charge on any atom is 0.173 e. The van der Waals surface area contributed by atoms with Gasteiger partial charge in [0, 0.05) is 43.4 Å². The maximum absolute atomic E-state index is 6.05. The summed E-state index contributed by atoms with van der Waals surface area (Å²) in [5.41, 5.74) is 2.14. The van der Waals surface area contributed by atoms with Crippen LogP contribution < -0.4 is 10.1 Å². The minimum absolute atomic E-state index is 0.656. The largest absolute Gasteiger partial charge is 0.494 e. The molecule has 1 heterocycles. The summed E-state index contributed by atoms with van der Waals surface area (Å²) < 4.78 is 11.0. The van der Waals surface area contributed by atoms with Crippen LogP contribution in [0, 0.1) is 0 Å². The van der Waals surface area contributed by atoms with Gasteiger partial charge in [-0.05, 0) is 67.5 Å². The Bertz CT molecular complexity index is 780. The first kappa shape index (κ1) is 22.8. The third-order valence-corrected chi connectivity index (χ3v) is 5.61. The monoisotopic (exact) mass is 447 g/mol. The lowest BCUT2D eigenvalue weighted by Crippen LogP contribution is -2.40. The predicted molar refractivity (Wildman–Crippen MR) is 128 cm³/mol. The zero-order valence-corrected chi connectivity index (χ0v) is 19.1. The van der Waals surface area contributed by atoms with Crippen LogP contribution >= 0.6 is 23.8 Å². The summed E-state index contributed by atoms with van der Waals surface area (Å²) in [6.45, 7) is 8.96. The van der Waals surface area contributed by atoms with E-state index in [0.29, 0.717) is 6.61 Å². The number of nitrogens with one attached hydrogen (secondary N) is 1. The summed E-state index contributed by atoms with van der Waals surface area (Å²) in [5.74, 6) is 0.859. The molecule has 162 valence electrons. The van der Waals surface area contributed by atoms with Crippen molar-refractivity contribution < 1.29 is 9.47 Å². The molecule has 0 aromatic heterocycles. The van der Waals surface area contributed by atoms with Gasteiger partial charge in [-0.25, -0.2) is 0 Å². The van der Waals surface area contributed by atoms with Gasteiger partial charge in [-0.2, -0.15) is 0 Å². The second kappa shape index (κ2) is 12.1. The van der Waals surface area contributed by atoms with Crippen LogP contribution in [0.2, 0.25) is 5.02 Å². The van der Waals surface area contributed by atoms with Crippen molar-refractivity contribution in [3.05, 3.63) is 59.1 Å². The van der Waals surface area contributed by atoms with E-state index in [2.05, 4.69) is 27.2 Å². The normalized spacial score (nSPS) is 14.3. The Kier molecular flexibility index (Phi) is 9.21. The molecule has 0 spiro atoms. The van der Waals surface area contributed by atoms with E-state index in [9.17, 15) is 0 Å². The quantitative estimate of drug-likeness (QED) is 0.563. The highest BCUT2D eigenvalue weighted by molar-refractivity contribution is 7.80. The molecule has 1 saturated heterocycles. The Hall–Kier alpha value is -1.86. The fourth-order valence-electron chi connectivity index (χ4n) is 3.38. The maximum atomic E-state index is 6.05. The van der Waals surface area contributed by atoms with E-state index in [1.54, 1.807) is 0 Å². The topological polar surface area (TPSA) is 37.0 Å². The van der Waals surface area contributed by atoms with E-state index >= 15 is 0 Å². The van der Waals surface area contributed by atoms with Crippen LogP contribution in [-0.4, -0.2) is 60.9 Å². The number of morpholine rings is 1. The molecule has 0 bridgehead atoms. The van der Waals surface area contributed by atoms with Crippen molar-refractivity contribution in [1.82, 2.24) is 9.80 Å². The summed E-state index contributed by atoms with van der Waals surface area (Å²) in [7, 11) is 0. The molecule has 2 aromatic carbocycles. The molecule has 3 rings (SSSR count). The molecule has 2 aromatic rings. The molecule has 30 heavy (non-hydrogen) atoms. The van der Waals surface area contributed by atoms with Crippen molar-refractivity contribution in [1.29, 1.82) is 0 Å². The van der Waals surface area contributed by atoms with Gasteiger partial charge in [0.05, 0.1) is 19.8 Å². The minimum atomic E-state index is 0.656. The lowest BCUT2D eigenvalue weighted by Gasteiger charge is -2.29. The van der Waals surface area contributed by atoms with Gasteiger partial charge in [0.2, 0.25) is 0 Å². The van der Waals surface area contributed by atoms with Crippen molar-refractivity contribution in [2.45, 2.75) is 19.9 Å². The number of nitrogens with zero attached hydrogens (tertiary/aromatic N) is 2. The fourth-order valence-corrected chi connectivity index (χ4v) is 3.78. The highest BCUT2D eigenvalue weighted by Gasteiger charge is 2.14. The lowest BCUT2D eigenvalue weighted by atomic mass is 10.2. The second-order valence-corrected chi connectivity index (χ2v) is 8.07. The number of hydrogen-bond donors (Lipinski definition) is 1. The molecule has 1 aliphatic rings. The average Bonchev–Trinajstić information content (AvgIpc) is 2.77. The van der Waals surface area contributed by atoms with Gasteiger partial charge in [0.25, 0.3) is 0 Å². The molecular weight excluding hydrogens is 418 g/mol. The summed E-state index contributed by atoms with van der Waals surface area (Å²) in [6, 6.07) is 15.8. The predicted octanol–water partition coefficient (Wildman–Crippen LogP) is 4.66. The molecule has 1 fully saturated rings. The number of halogens is 1. The van der Waals surface area contributed by atoms with Gasteiger partial charge < -0.3 is 19.7 Å². The number of ether oxygens (including phenoxy) is 2. The van der Waals surface area contributed by atoms with Crippen molar-refractivity contribution >= 4 is 34.6 Å². The van der Waals surface area contributed by atoms with E-state index in [1.165, 1.54) is 5.56 Å². The molecule has 0 aliphatic carbocycles. The van der Waals surface area contributed by atoms with E-state index in [4.69, 9.17) is 33.3 Å². The first-order valence-corrected chi connectivity index (χ1v) is 11.3. The number of rotatable bonds is 9. The molecule has 0 radical (unpaired) electrons. The number of hydrogen-bond acceptors (Lipinski definition) is 4. The van der Waals surface area contributed by atoms with E-state index in [0.717, 1.165) is 73.9 Å². The van der Waals surface area contributed by atoms with Crippen LogP contribution in [0.25, 0.3) is 0 Å². The Labute approximate surface area is 189 Å². The standard InChI is InChI=1S/C23H30ClN3O2S/c1-2-29-22-10-8-21(9-11-22)25-23(30)27(18-19-4-6-20(24)7-5-19)13-3-12-26-14-16-28-17-15-26/h4-11H,2-3,12-18H2,1H3,(H,25,30). The van der Waals surface area contributed by atoms with Crippen molar-refractivity contribution in [3.63, 3.8) is 0 Å². The lowest BCUT2D eigenvalue weighted by molar-refractivity contribution is 0.0368. The van der Waals surface area contributed by atoms with Crippen LogP contribution in [0.3, 0.4) is 0 Å². The zero-order valence-electron chi connectivity index (χ0n) is 17.5. The van der Waals surface area contributed by atoms with E-state index in [-0.39, 0.29) is 0 Å². The minimum Gasteiger partial charge on any atom is -0.494 e. The molecule has 0 saturated carbocycles. The first-order valence-electron chi connectivity index (χ1n) is 10.5. The third kappa shape index (κ3) is 7.43. The highest BCUT2D eigenvalue weighted by Crippen LogP contribution is 2.17. The SMILES string of the molecule is CCOc1ccc(NC(=S)N(CCCN2CCOCC2)Cc2ccc(Cl)cc2)cc1. The summed E-state index contributed by atoms with van der Waals surface area (Å²) >= 11 is 11.8. The molecular formula is C23H30ClN3O2S. The van der Waals surface area contributed by atoms with Crippen LogP contribution in [0.1, 0.15) is 18.9 Å². The molecule has 1 aliphatic heterocycles. The highest BCUT2D eigenvalue weighted by atomic mass is 35.5. The Morgan fingerprint density at radius 1 is 1.13 bits per heavy atom. The van der Waals surface area contributed by atoms with E-state index < -0.39 is 0 Å². The summed E-state index contributed by atoms with van der Waals surface area (Å²) in [4.78, 5) is 4.67. The van der Waals surface area contributed by atoms with Gasteiger partial charge in [-0.3, -0.25) is 4.90 Å².